The van der Waals surface area contributed by atoms with Crippen LogP contribution in [0.3, 0.4) is 0 Å². The summed E-state index contributed by atoms with van der Waals surface area (Å²) in [6.07, 6.45) is 3.66. The van der Waals surface area contributed by atoms with Gasteiger partial charge in [0.1, 0.15) is 6.04 Å². The van der Waals surface area contributed by atoms with E-state index in [-0.39, 0.29) is 17.9 Å². The van der Waals surface area contributed by atoms with Crippen LogP contribution in [-0.2, 0) is 9.59 Å². The average Bonchev–Trinajstić information content (AvgIpc) is 3.12. The monoisotopic (exact) mass is 239 g/mol. The van der Waals surface area contributed by atoms with Gasteiger partial charge in [-0.3, -0.25) is 9.59 Å². The van der Waals surface area contributed by atoms with E-state index in [0.29, 0.717) is 32.0 Å². The Morgan fingerprint density at radius 3 is 2.94 bits per heavy atom. The van der Waals surface area contributed by atoms with Gasteiger partial charge in [0.2, 0.25) is 11.8 Å². The van der Waals surface area contributed by atoms with E-state index in [9.17, 15) is 9.59 Å². The van der Waals surface area contributed by atoms with Crippen LogP contribution in [-0.4, -0.2) is 48.4 Å². The largest absolute Gasteiger partial charge is 0.353 e. The SMILES string of the molecule is CCC1C(=O)NCCN1C(=O)CCNC1CC1. The van der Waals surface area contributed by atoms with Gasteiger partial charge in [-0.1, -0.05) is 6.92 Å². The van der Waals surface area contributed by atoms with E-state index >= 15 is 0 Å². The normalized spacial score (nSPS) is 24.6. The minimum absolute atomic E-state index is 0.0118. The van der Waals surface area contributed by atoms with E-state index < -0.39 is 0 Å². The molecule has 0 aromatic heterocycles. The highest BCUT2D eigenvalue weighted by atomic mass is 16.2. The standard InChI is InChI=1S/C12H21N3O2/c1-2-10-12(17)14-7-8-15(10)11(16)5-6-13-9-3-4-9/h9-10,13H,2-8H2,1H3,(H,14,17). The molecule has 5 nitrogen and oxygen atoms in total. The molecule has 1 heterocycles. The van der Waals surface area contributed by atoms with Gasteiger partial charge in [-0.05, 0) is 19.3 Å². The first-order valence-electron chi connectivity index (χ1n) is 6.53. The summed E-state index contributed by atoms with van der Waals surface area (Å²) in [7, 11) is 0. The second-order valence-corrected chi connectivity index (χ2v) is 4.78. The molecule has 0 radical (unpaired) electrons. The zero-order chi connectivity index (χ0) is 12.3. The lowest BCUT2D eigenvalue weighted by atomic mass is 10.1. The molecule has 2 fully saturated rings. The van der Waals surface area contributed by atoms with Gasteiger partial charge in [0, 0.05) is 32.1 Å². The van der Waals surface area contributed by atoms with Crippen LogP contribution in [0.2, 0.25) is 0 Å². The maximum atomic E-state index is 12.0. The van der Waals surface area contributed by atoms with Crippen molar-refractivity contribution in [2.24, 2.45) is 0 Å². The molecule has 1 unspecified atom stereocenters. The van der Waals surface area contributed by atoms with Crippen molar-refractivity contribution < 1.29 is 9.59 Å². The maximum Gasteiger partial charge on any atom is 0.242 e. The molecule has 0 bridgehead atoms. The molecule has 17 heavy (non-hydrogen) atoms. The van der Waals surface area contributed by atoms with E-state index in [1.165, 1.54) is 12.8 Å². The first-order chi connectivity index (χ1) is 8.22. The van der Waals surface area contributed by atoms with Gasteiger partial charge < -0.3 is 15.5 Å². The van der Waals surface area contributed by atoms with Gasteiger partial charge in [-0.15, -0.1) is 0 Å². The second kappa shape index (κ2) is 5.49. The molecule has 0 aromatic rings. The van der Waals surface area contributed by atoms with Crippen LogP contribution in [0.4, 0.5) is 0 Å². The van der Waals surface area contributed by atoms with Crippen LogP contribution in [0.5, 0.6) is 0 Å². The Hall–Kier alpha value is -1.10. The highest BCUT2D eigenvalue weighted by Gasteiger charge is 2.31. The van der Waals surface area contributed by atoms with E-state index in [1.807, 2.05) is 6.92 Å². The fraction of sp³-hybridized carbons (Fsp3) is 0.833. The molecule has 1 aliphatic heterocycles. The Bertz CT molecular complexity index is 302. The summed E-state index contributed by atoms with van der Waals surface area (Å²) in [6, 6.07) is 0.367. The van der Waals surface area contributed by atoms with Crippen LogP contribution in [0.1, 0.15) is 32.6 Å². The van der Waals surface area contributed by atoms with E-state index in [1.54, 1.807) is 4.90 Å². The average molecular weight is 239 g/mol. The molecule has 1 saturated carbocycles. The summed E-state index contributed by atoms with van der Waals surface area (Å²) in [5.74, 6) is 0.0853. The third kappa shape index (κ3) is 3.19. The molecule has 1 atom stereocenters. The Morgan fingerprint density at radius 1 is 1.53 bits per heavy atom. The summed E-state index contributed by atoms with van der Waals surface area (Å²) in [5.41, 5.74) is 0. The number of hydrogen-bond acceptors (Lipinski definition) is 3. The van der Waals surface area contributed by atoms with E-state index in [2.05, 4.69) is 10.6 Å². The van der Waals surface area contributed by atoms with Gasteiger partial charge in [0.05, 0.1) is 0 Å². The Labute approximate surface area is 102 Å². The molecule has 2 amide bonds. The van der Waals surface area contributed by atoms with Crippen molar-refractivity contribution in [3.63, 3.8) is 0 Å². The van der Waals surface area contributed by atoms with Gasteiger partial charge in [-0.2, -0.15) is 0 Å². The summed E-state index contributed by atoms with van der Waals surface area (Å²) in [6.45, 7) is 3.90. The van der Waals surface area contributed by atoms with Crippen LogP contribution in [0.25, 0.3) is 0 Å². The minimum Gasteiger partial charge on any atom is -0.353 e. The number of carbonyl (C=O) groups excluding carboxylic acids is 2. The molecule has 0 spiro atoms. The van der Waals surface area contributed by atoms with Crippen molar-refractivity contribution in [2.45, 2.75) is 44.7 Å². The zero-order valence-corrected chi connectivity index (χ0v) is 10.4. The summed E-state index contributed by atoms with van der Waals surface area (Å²) in [5, 5.41) is 6.13. The molecule has 1 aliphatic carbocycles. The number of hydrogen-bond donors (Lipinski definition) is 2. The number of nitrogens with one attached hydrogen (secondary N) is 2. The molecule has 96 valence electrons. The lowest BCUT2D eigenvalue weighted by Crippen LogP contribution is -2.57. The fourth-order valence-corrected chi connectivity index (χ4v) is 2.23. The predicted molar refractivity (Wildman–Crippen MR) is 64.4 cm³/mol. The Kier molecular flexibility index (Phi) is 3.99. The molecule has 2 aliphatic rings. The van der Waals surface area contributed by atoms with Crippen molar-refractivity contribution in [1.82, 2.24) is 15.5 Å². The molecule has 5 heteroatoms. The Morgan fingerprint density at radius 2 is 2.29 bits per heavy atom. The highest BCUT2D eigenvalue weighted by molar-refractivity contribution is 5.88. The lowest BCUT2D eigenvalue weighted by Gasteiger charge is -2.34. The van der Waals surface area contributed by atoms with Gasteiger partial charge in [0.15, 0.2) is 0 Å². The first kappa shape index (κ1) is 12.4. The van der Waals surface area contributed by atoms with Crippen LogP contribution < -0.4 is 10.6 Å². The summed E-state index contributed by atoms with van der Waals surface area (Å²) < 4.78 is 0. The van der Waals surface area contributed by atoms with Crippen molar-refractivity contribution in [3.05, 3.63) is 0 Å². The van der Waals surface area contributed by atoms with Crippen LogP contribution in [0, 0.1) is 0 Å². The molecule has 2 rings (SSSR count). The smallest absolute Gasteiger partial charge is 0.242 e. The third-order valence-corrected chi connectivity index (χ3v) is 3.39. The third-order valence-electron chi connectivity index (χ3n) is 3.39. The topological polar surface area (TPSA) is 61.4 Å². The quantitative estimate of drug-likeness (QED) is 0.702. The molecule has 0 aromatic carbocycles. The van der Waals surface area contributed by atoms with Crippen molar-refractivity contribution in [2.75, 3.05) is 19.6 Å². The van der Waals surface area contributed by atoms with Crippen LogP contribution >= 0.6 is 0 Å². The van der Waals surface area contributed by atoms with Crippen molar-refractivity contribution in [3.8, 4) is 0 Å². The van der Waals surface area contributed by atoms with E-state index in [0.717, 1.165) is 6.54 Å². The Balaban J connectivity index is 1.80. The highest BCUT2D eigenvalue weighted by Crippen LogP contribution is 2.18. The van der Waals surface area contributed by atoms with Crippen LogP contribution in [0.15, 0.2) is 0 Å². The number of piperazine rings is 1. The van der Waals surface area contributed by atoms with Crippen molar-refractivity contribution in [1.29, 1.82) is 0 Å². The molecular formula is C12H21N3O2. The summed E-state index contributed by atoms with van der Waals surface area (Å²) in [4.78, 5) is 25.4. The number of nitrogens with zero attached hydrogens (tertiary/aromatic N) is 1. The summed E-state index contributed by atoms with van der Waals surface area (Å²) >= 11 is 0. The van der Waals surface area contributed by atoms with E-state index in [4.69, 9.17) is 0 Å². The zero-order valence-electron chi connectivity index (χ0n) is 10.4. The van der Waals surface area contributed by atoms with Gasteiger partial charge in [-0.25, -0.2) is 0 Å². The van der Waals surface area contributed by atoms with Crippen molar-refractivity contribution >= 4 is 11.8 Å². The minimum atomic E-state index is -0.267. The number of amides is 2. The molecular weight excluding hydrogens is 218 g/mol. The molecule has 2 N–H and O–H groups in total. The maximum absolute atomic E-state index is 12.0. The predicted octanol–water partition coefficient (Wildman–Crippen LogP) is -0.134. The number of rotatable bonds is 5. The fourth-order valence-electron chi connectivity index (χ4n) is 2.23. The van der Waals surface area contributed by atoms with Gasteiger partial charge in [0.25, 0.3) is 0 Å². The molecule has 1 saturated heterocycles. The van der Waals surface area contributed by atoms with Gasteiger partial charge >= 0.3 is 0 Å². The lowest BCUT2D eigenvalue weighted by molar-refractivity contribution is -0.143. The second-order valence-electron chi connectivity index (χ2n) is 4.78. The number of carbonyl (C=O) groups is 2. The first-order valence-corrected chi connectivity index (χ1v) is 6.53.